The Hall–Kier alpha value is -2.83. The zero-order valence-corrected chi connectivity index (χ0v) is 27.9. The van der Waals surface area contributed by atoms with Crippen LogP contribution in [-0.4, -0.2) is 57.2 Å². The Morgan fingerprint density at radius 1 is 1.07 bits per heavy atom. The molecule has 1 aliphatic rings. The molecule has 0 spiro atoms. The van der Waals surface area contributed by atoms with E-state index in [4.69, 9.17) is 15.0 Å². The van der Waals surface area contributed by atoms with Crippen molar-refractivity contribution in [3.63, 3.8) is 0 Å². The summed E-state index contributed by atoms with van der Waals surface area (Å²) in [6.07, 6.45) is 4.02. The Kier molecular flexibility index (Phi) is 9.29. The molecule has 43 heavy (non-hydrogen) atoms. The van der Waals surface area contributed by atoms with E-state index in [0.717, 1.165) is 63.4 Å². The lowest BCUT2D eigenvalue weighted by Crippen LogP contribution is -2.21. The molecule has 0 radical (unpaired) electrons. The first-order chi connectivity index (χ1) is 20.3. The van der Waals surface area contributed by atoms with Crippen LogP contribution < -0.4 is 10.6 Å². The van der Waals surface area contributed by atoms with E-state index in [9.17, 15) is 12.8 Å². The highest BCUT2D eigenvalue weighted by atomic mass is 32.2. The predicted molar refractivity (Wildman–Crippen MR) is 177 cm³/mol. The highest BCUT2D eigenvalue weighted by molar-refractivity contribution is 8.00. The predicted octanol–water partition coefficient (Wildman–Crippen LogP) is 7.21. The van der Waals surface area contributed by atoms with E-state index in [1.165, 1.54) is 12.1 Å². The quantitative estimate of drug-likeness (QED) is 0.173. The molecule has 4 aromatic rings. The first kappa shape index (κ1) is 31.6. The average Bonchev–Trinajstić information content (AvgIpc) is 3.54. The Labute approximate surface area is 261 Å². The fourth-order valence-electron chi connectivity index (χ4n) is 5.35. The van der Waals surface area contributed by atoms with Crippen LogP contribution in [0.15, 0.2) is 35.4 Å². The topological polar surface area (TPSA) is 110 Å². The molecule has 1 saturated carbocycles. The molecule has 2 N–H and O–H groups in total. The van der Waals surface area contributed by atoms with Crippen molar-refractivity contribution in [2.75, 3.05) is 28.7 Å². The second-order valence-electron chi connectivity index (χ2n) is 12.2. The number of aromatic nitrogens is 4. The average molecular weight is 643 g/mol. The number of aryl methyl sites for hydroxylation is 3. The molecule has 8 nitrogen and oxygen atoms in total. The zero-order valence-electron chi connectivity index (χ0n) is 25.5. The van der Waals surface area contributed by atoms with Gasteiger partial charge in [0.15, 0.2) is 9.84 Å². The summed E-state index contributed by atoms with van der Waals surface area (Å²) in [5.41, 5.74) is 3.83. The molecular weight excluding hydrogens is 604 g/mol. The highest BCUT2D eigenvalue weighted by Crippen LogP contribution is 2.39. The number of thioether (sulfide) groups is 1. The summed E-state index contributed by atoms with van der Waals surface area (Å²) in [7, 11) is -3.61. The molecule has 0 bridgehead atoms. The van der Waals surface area contributed by atoms with Crippen molar-refractivity contribution in [2.45, 2.75) is 76.5 Å². The van der Waals surface area contributed by atoms with Gasteiger partial charge in [-0.05, 0) is 69.7 Å². The number of anilines is 2. The lowest BCUT2D eigenvalue weighted by molar-refractivity contribution is 0.553. The van der Waals surface area contributed by atoms with Gasteiger partial charge in [0.1, 0.15) is 22.2 Å². The van der Waals surface area contributed by atoms with Gasteiger partial charge in [-0.3, -0.25) is 4.98 Å². The lowest BCUT2D eigenvalue weighted by atomic mass is 10.1. The smallest absolute Gasteiger partial charge is 0.224 e. The number of nitrogens with one attached hydrogen (secondary N) is 2. The first-order valence-electron chi connectivity index (χ1n) is 14.5. The number of hydrogen-bond donors (Lipinski definition) is 2. The number of hydrogen-bond acceptors (Lipinski definition) is 10. The van der Waals surface area contributed by atoms with Gasteiger partial charge in [-0.15, -0.1) is 11.3 Å². The molecule has 0 aliphatic heterocycles. The van der Waals surface area contributed by atoms with E-state index in [-0.39, 0.29) is 27.4 Å². The second-order valence-corrected chi connectivity index (χ2v) is 17.2. The maximum atomic E-state index is 14.1. The molecule has 3 heterocycles. The highest BCUT2D eigenvalue weighted by Gasteiger charge is 2.31. The van der Waals surface area contributed by atoms with Crippen molar-refractivity contribution in [3.8, 4) is 10.6 Å². The molecule has 1 aliphatic carbocycles. The molecule has 3 aromatic heterocycles. The maximum absolute atomic E-state index is 14.1. The SMILES string of the molecule is Cc1ccc(S(=O)(=O)CC2CCC(Nc3nc(NCCSC(C)(C)C)nc(C)c3-c3nc4c(C)nccc4s3)C2)cc1F. The molecule has 230 valence electrons. The Bertz CT molecular complexity index is 1740. The van der Waals surface area contributed by atoms with Crippen molar-refractivity contribution in [1.82, 2.24) is 19.9 Å². The number of benzene rings is 1. The summed E-state index contributed by atoms with van der Waals surface area (Å²) < 4.78 is 41.6. The van der Waals surface area contributed by atoms with Crippen LogP contribution in [0, 0.1) is 32.5 Å². The molecule has 2 unspecified atom stereocenters. The molecule has 2 atom stereocenters. The van der Waals surface area contributed by atoms with Crippen LogP contribution in [0.4, 0.5) is 16.2 Å². The summed E-state index contributed by atoms with van der Waals surface area (Å²) in [5.74, 6) is 1.62. The fourth-order valence-corrected chi connectivity index (χ4v) is 8.95. The minimum Gasteiger partial charge on any atom is -0.367 e. The minimum atomic E-state index is -3.61. The van der Waals surface area contributed by atoms with Gasteiger partial charge in [0.25, 0.3) is 0 Å². The van der Waals surface area contributed by atoms with Crippen molar-refractivity contribution in [3.05, 3.63) is 53.2 Å². The third-order valence-corrected chi connectivity index (χ3v) is 11.7. The Morgan fingerprint density at radius 3 is 2.58 bits per heavy atom. The van der Waals surface area contributed by atoms with Gasteiger partial charge in [-0.25, -0.2) is 22.8 Å². The molecule has 1 aromatic carbocycles. The van der Waals surface area contributed by atoms with Crippen LogP contribution in [-0.2, 0) is 9.84 Å². The summed E-state index contributed by atoms with van der Waals surface area (Å²) in [5, 5.41) is 7.84. The minimum absolute atomic E-state index is 0.00820. The van der Waals surface area contributed by atoms with Crippen molar-refractivity contribution < 1.29 is 12.8 Å². The van der Waals surface area contributed by atoms with Crippen LogP contribution in [0.3, 0.4) is 0 Å². The van der Waals surface area contributed by atoms with Crippen LogP contribution in [0.2, 0.25) is 0 Å². The molecule has 0 amide bonds. The number of rotatable bonds is 10. The first-order valence-corrected chi connectivity index (χ1v) is 18.0. The summed E-state index contributed by atoms with van der Waals surface area (Å²) in [6, 6.07) is 6.16. The normalized spacial score (nSPS) is 17.5. The molecular formula is C31H39FN6O2S3. The summed E-state index contributed by atoms with van der Waals surface area (Å²) in [6.45, 7) is 12.9. The van der Waals surface area contributed by atoms with E-state index in [0.29, 0.717) is 23.8 Å². The fraction of sp³-hybridized carbons (Fsp3) is 0.484. The van der Waals surface area contributed by atoms with Crippen LogP contribution in [0.1, 0.15) is 57.0 Å². The monoisotopic (exact) mass is 642 g/mol. The Morgan fingerprint density at radius 2 is 1.86 bits per heavy atom. The number of sulfone groups is 1. The van der Waals surface area contributed by atoms with Gasteiger partial charge in [-0.2, -0.15) is 16.7 Å². The van der Waals surface area contributed by atoms with E-state index >= 15 is 0 Å². The Balaban J connectivity index is 1.38. The van der Waals surface area contributed by atoms with Gasteiger partial charge in [0, 0.05) is 29.3 Å². The lowest BCUT2D eigenvalue weighted by Gasteiger charge is -2.19. The summed E-state index contributed by atoms with van der Waals surface area (Å²) in [4.78, 5) is 19.1. The van der Waals surface area contributed by atoms with Gasteiger partial charge < -0.3 is 10.6 Å². The maximum Gasteiger partial charge on any atom is 0.224 e. The molecule has 0 saturated heterocycles. The second kappa shape index (κ2) is 12.6. The largest absolute Gasteiger partial charge is 0.367 e. The van der Waals surface area contributed by atoms with Crippen molar-refractivity contribution in [1.29, 1.82) is 0 Å². The van der Waals surface area contributed by atoms with Gasteiger partial charge in [-0.1, -0.05) is 26.8 Å². The van der Waals surface area contributed by atoms with E-state index < -0.39 is 15.7 Å². The number of fused-ring (bicyclic) bond motifs is 1. The van der Waals surface area contributed by atoms with E-state index in [1.54, 1.807) is 24.5 Å². The summed E-state index contributed by atoms with van der Waals surface area (Å²) >= 11 is 3.46. The van der Waals surface area contributed by atoms with Crippen LogP contribution in [0.5, 0.6) is 0 Å². The number of nitrogens with zero attached hydrogens (tertiary/aromatic N) is 4. The van der Waals surface area contributed by atoms with Crippen LogP contribution >= 0.6 is 23.1 Å². The standard InChI is InChI=1S/C31H39FN6O2S3/c1-18-7-10-23(16-24(18)32)43(39,40)17-21-8-9-22(15-21)36-28-26(29-37-27-20(3)33-12-11-25(27)42-29)19(2)35-30(38-28)34-13-14-41-31(4,5)6/h7,10-12,16,21-22H,8-9,13-15,17H2,1-6H3,(H2,34,35,36,38). The van der Waals surface area contributed by atoms with Gasteiger partial charge in [0.05, 0.1) is 32.3 Å². The van der Waals surface area contributed by atoms with E-state index in [1.807, 2.05) is 31.7 Å². The number of thiazole rings is 1. The zero-order chi connectivity index (χ0) is 30.9. The number of pyridine rings is 1. The molecule has 1 fully saturated rings. The third-order valence-electron chi connectivity index (χ3n) is 7.55. The van der Waals surface area contributed by atoms with E-state index in [2.05, 4.69) is 36.4 Å². The van der Waals surface area contributed by atoms with Crippen LogP contribution in [0.25, 0.3) is 20.8 Å². The van der Waals surface area contributed by atoms with Gasteiger partial charge in [0.2, 0.25) is 5.95 Å². The molecule has 12 heteroatoms. The number of halogens is 1. The van der Waals surface area contributed by atoms with Gasteiger partial charge >= 0.3 is 0 Å². The third kappa shape index (κ3) is 7.64. The van der Waals surface area contributed by atoms with Crippen molar-refractivity contribution in [2.24, 2.45) is 5.92 Å². The van der Waals surface area contributed by atoms with Crippen molar-refractivity contribution >= 4 is 54.9 Å². The molecule has 5 rings (SSSR count).